The molecular formula is C20H21NO6. The molecule has 2 aromatic rings. The zero-order chi connectivity index (χ0) is 19.6. The molecule has 0 bridgehead atoms. The summed E-state index contributed by atoms with van der Waals surface area (Å²) in [5.74, 6) is -1.81. The summed E-state index contributed by atoms with van der Waals surface area (Å²) in [5, 5.41) is 22.6. The Hall–Kier alpha value is -3.06. The number of esters is 2. The Bertz CT molecular complexity index is 866. The zero-order valence-electron chi connectivity index (χ0n) is 15.1. The van der Waals surface area contributed by atoms with Crippen molar-refractivity contribution in [1.29, 1.82) is 0 Å². The molecule has 7 nitrogen and oxygen atoms in total. The van der Waals surface area contributed by atoms with Gasteiger partial charge in [-0.1, -0.05) is 30.3 Å². The fourth-order valence-corrected chi connectivity index (χ4v) is 3.30. The van der Waals surface area contributed by atoms with E-state index in [1.165, 1.54) is 19.2 Å². The van der Waals surface area contributed by atoms with Crippen LogP contribution in [0.2, 0.25) is 0 Å². The summed E-state index contributed by atoms with van der Waals surface area (Å²) in [7, 11) is 1.24. The molecule has 7 heteroatoms. The van der Waals surface area contributed by atoms with Crippen molar-refractivity contribution >= 4 is 11.9 Å². The van der Waals surface area contributed by atoms with Crippen molar-refractivity contribution in [1.82, 2.24) is 5.32 Å². The van der Waals surface area contributed by atoms with Crippen molar-refractivity contribution in [2.75, 3.05) is 7.11 Å². The minimum atomic E-state index is -1.37. The van der Waals surface area contributed by atoms with Gasteiger partial charge in [-0.25, -0.2) is 4.79 Å². The molecule has 0 aliphatic carbocycles. The first-order valence-corrected chi connectivity index (χ1v) is 8.47. The van der Waals surface area contributed by atoms with Crippen molar-refractivity contribution in [2.24, 2.45) is 0 Å². The van der Waals surface area contributed by atoms with Crippen LogP contribution in [-0.2, 0) is 37.6 Å². The zero-order valence-corrected chi connectivity index (χ0v) is 15.1. The number of phenolic OH excluding ortho intramolecular Hbond substituents is 2. The number of rotatable bonds is 4. The highest BCUT2D eigenvalue weighted by Crippen LogP contribution is 2.38. The summed E-state index contributed by atoms with van der Waals surface area (Å²) < 4.78 is 10.3. The molecule has 2 aromatic carbocycles. The molecule has 2 atom stereocenters. The van der Waals surface area contributed by atoms with E-state index in [4.69, 9.17) is 9.47 Å². The standard InChI is InChI=1S/C20H21NO6/c1-20(19(25)26-2)14-10-17(23)16(22)9-13(14)8-15(21-20)18(24)27-11-12-6-4-3-5-7-12/h3-7,9-10,15,21-23H,8,11H2,1-2H3/t15-,20+/m0/s1. The second kappa shape index (κ2) is 7.28. The fourth-order valence-electron chi connectivity index (χ4n) is 3.30. The molecule has 0 saturated heterocycles. The van der Waals surface area contributed by atoms with Gasteiger partial charge in [0.05, 0.1) is 7.11 Å². The van der Waals surface area contributed by atoms with Crippen molar-refractivity contribution in [2.45, 2.75) is 31.5 Å². The number of hydrogen-bond acceptors (Lipinski definition) is 7. The van der Waals surface area contributed by atoms with Crippen LogP contribution in [0, 0.1) is 0 Å². The Kier molecular flexibility index (Phi) is 5.05. The molecule has 3 rings (SSSR count). The first-order chi connectivity index (χ1) is 12.8. The lowest BCUT2D eigenvalue weighted by Crippen LogP contribution is -2.58. The van der Waals surface area contributed by atoms with Gasteiger partial charge >= 0.3 is 11.9 Å². The van der Waals surface area contributed by atoms with Crippen LogP contribution in [0.25, 0.3) is 0 Å². The van der Waals surface area contributed by atoms with E-state index in [2.05, 4.69) is 5.32 Å². The van der Waals surface area contributed by atoms with Crippen molar-refractivity contribution in [3.05, 3.63) is 59.2 Å². The summed E-state index contributed by atoms with van der Waals surface area (Å²) in [5.41, 5.74) is 0.472. The van der Waals surface area contributed by atoms with Gasteiger partial charge in [0, 0.05) is 0 Å². The molecule has 0 unspecified atom stereocenters. The predicted octanol–water partition coefficient (Wildman–Crippen LogP) is 1.74. The first-order valence-electron chi connectivity index (χ1n) is 8.47. The lowest BCUT2D eigenvalue weighted by atomic mass is 9.80. The lowest BCUT2D eigenvalue weighted by molar-refractivity contribution is -0.153. The topological polar surface area (TPSA) is 105 Å². The Labute approximate surface area is 156 Å². The molecule has 3 N–H and O–H groups in total. The average Bonchev–Trinajstić information content (AvgIpc) is 2.67. The van der Waals surface area contributed by atoms with Crippen molar-refractivity contribution in [3.8, 4) is 11.5 Å². The van der Waals surface area contributed by atoms with Gasteiger partial charge in [0.1, 0.15) is 18.2 Å². The number of carbonyl (C=O) groups excluding carboxylic acids is 2. The number of methoxy groups -OCH3 is 1. The first kappa shape index (κ1) is 18.7. The molecule has 0 radical (unpaired) electrons. The van der Waals surface area contributed by atoms with Crippen LogP contribution in [0.5, 0.6) is 11.5 Å². The molecule has 1 heterocycles. The number of benzene rings is 2. The Morgan fingerprint density at radius 2 is 1.85 bits per heavy atom. The number of fused-ring (bicyclic) bond motifs is 1. The molecule has 1 aliphatic rings. The highest BCUT2D eigenvalue weighted by Gasteiger charge is 2.46. The Balaban J connectivity index is 1.87. The summed E-state index contributed by atoms with van der Waals surface area (Å²) >= 11 is 0. The van der Waals surface area contributed by atoms with Crippen molar-refractivity contribution < 1.29 is 29.3 Å². The van der Waals surface area contributed by atoms with Crippen LogP contribution < -0.4 is 5.32 Å². The Morgan fingerprint density at radius 1 is 1.19 bits per heavy atom. The van der Waals surface area contributed by atoms with E-state index in [-0.39, 0.29) is 24.5 Å². The molecule has 0 amide bonds. The van der Waals surface area contributed by atoms with Crippen LogP contribution in [0.4, 0.5) is 0 Å². The molecule has 0 aromatic heterocycles. The van der Waals surface area contributed by atoms with Gasteiger partial charge in [-0.05, 0) is 42.2 Å². The SMILES string of the molecule is COC(=O)[C@]1(C)N[C@H](C(=O)OCc2ccccc2)Cc2cc(O)c(O)cc21. The van der Waals surface area contributed by atoms with E-state index >= 15 is 0 Å². The van der Waals surface area contributed by atoms with Crippen LogP contribution in [0.15, 0.2) is 42.5 Å². The van der Waals surface area contributed by atoms with Crippen LogP contribution in [0.1, 0.15) is 23.6 Å². The van der Waals surface area contributed by atoms with E-state index in [9.17, 15) is 19.8 Å². The van der Waals surface area contributed by atoms with Gasteiger partial charge < -0.3 is 19.7 Å². The smallest absolute Gasteiger partial charge is 0.330 e. The molecule has 0 saturated carbocycles. The second-order valence-electron chi connectivity index (χ2n) is 6.61. The third-order valence-corrected chi connectivity index (χ3v) is 4.73. The highest BCUT2D eigenvalue weighted by atomic mass is 16.5. The largest absolute Gasteiger partial charge is 0.504 e. The van der Waals surface area contributed by atoms with Gasteiger partial charge in [0.2, 0.25) is 0 Å². The lowest BCUT2D eigenvalue weighted by Gasteiger charge is -2.38. The van der Waals surface area contributed by atoms with Crippen LogP contribution in [0.3, 0.4) is 0 Å². The van der Waals surface area contributed by atoms with Crippen molar-refractivity contribution in [3.63, 3.8) is 0 Å². The quantitative estimate of drug-likeness (QED) is 0.555. The van der Waals surface area contributed by atoms with E-state index in [1.807, 2.05) is 30.3 Å². The normalized spacial score (nSPS) is 21.2. The van der Waals surface area contributed by atoms with Gasteiger partial charge in [0.15, 0.2) is 11.5 Å². The third kappa shape index (κ3) is 3.59. The van der Waals surface area contributed by atoms with Crippen LogP contribution >= 0.6 is 0 Å². The number of hydrogen-bond donors (Lipinski definition) is 3. The van der Waals surface area contributed by atoms with E-state index < -0.39 is 23.5 Å². The maximum Gasteiger partial charge on any atom is 0.330 e. The van der Waals surface area contributed by atoms with E-state index in [0.29, 0.717) is 11.1 Å². The average molecular weight is 371 g/mol. The second-order valence-corrected chi connectivity index (χ2v) is 6.61. The van der Waals surface area contributed by atoms with Gasteiger partial charge in [-0.15, -0.1) is 0 Å². The van der Waals surface area contributed by atoms with Gasteiger partial charge in [0.25, 0.3) is 0 Å². The van der Waals surface area contributed by atoms with Crippen LogP contribution in [-0.4, -0.2) is 35.3 Å². The maximum atomic E-state index is 12.6. The number of aromatic hydroxyl groups is 2. The summed E-state index contributed by atoms with van der Waals surface area (Å²) in [6.07, 6.45) is 0.198. The molecule has 27 heavy (non-hydrogen) atoms. The summed E-state index contributed by atoms with van der Waals surface area (Å²) in [6, 6.07) is 11.1. The summed E-state index contributed by atoms with van der Waals surface area (Å²) in [4.78, 5) is 25.0. The molecule has 0 spiro atoms. The van der Waals surface area contributed by atoms with E-state index in [0.717, 1.165) is 5.56 Å². The minimum Gasteiger partial charge on any atom is -0.504 e. The summed E-state index contributed by atoms with van der Waals surface area (Å²) in [6.45, 7) is 1.67. The predicted molar refractivity (Wildman–Crippen MR) is 96.0 cm³/mol. The van der Waals surface area contributed by atoms with E-state index in [1.54, 1.807) is 6.92 Å². The minimum absolute atomic E-state index is 0.112. The monoisotopic (exact) mass is 371 g/mol. The fraction of sp³-hybridized carbons (Fsp3) is 0.300. The molecule has 0 fully saturated rings. The maximum absolute atomic E-state index is 12.6. The highest BCUT2D eigenvalue weighted by molar-refractivity contribution is 5.86. The molecule has 1 aliphatic heterocycles. The number of ether oxygens (including phenoxy) is 2. The molecule has 142 valence electrons. The molecular weight excluding hydrogens is 350 g/mol. The van der Waals surface area contributed by atoms with Gasteiger partial charge in [-0.2, -0.15) is 0 Å². The number of nitrogens with one attached hydrogen (secondary N) is 1. The van der Waals surface area contributed by atoms with Gasteiger partial charge in [-0.3, -0.25) is 10.1 Å². The Morgan fingerprint density at radius 3 is 2.52 bits per heavy atom. The number of phenols is 2. The number of carbonyl (C=O) groups is 2. The third-order valence-electron chi connectivity index (χ3n) is 4.73.